The molecule has 0 aliphatic heterocycles. The molecule has 5 unspecified atom stereocenters. The number of nitrogens with one attached hydrogen (secondary N) is 1. The Labute approximate surface area is 176 Å². The maximum Gasteiger partial charge on any atom is 0.00693 e. The zero-order chi connectivity index (χ0) is 20.1. The molecule has 0 saturated heterocycles. The molecule has 0 bridgehead atoms. The van der Waals surface area contributed by atoms with Gasteiger partial charge >= 0.3 is 0 Å². The van der Waals surface area contributed by atoms with Gasteiger partial charge in [-0.3, -0.25) is 0 Å². The SMILES string of the molecule is CC[C@H](C)CC1(C)CCC2[C@H](CC[C@@H]3[C@@H]2CCC2(C)C(C(C)NC)CC[C@@H]32)C1. The van der Waals surface area contributed by atoms with Gasteiger partial charge < -0.3 is 5.32 Å². The molecular weight excluding hydrogens is 338 g/mol. The zero-order valence-electron chi connectivity index (χ0n) is 19.9. The molecule has 1 N–H and O–H groups in total. The first-order valence-corrected chi connectivity index (χ1v) is 13.0. The van der Waals surface area contributed by atoms with Gasteiger partial charge in [-0.15, -0.1) is 0 Å². The lowest BCUT2D eigenvalue weighted by Gasteiger charge is -2.58. The summed E-state index contributed by atoms with van der Waals surface area (Å²) >= 11 is 0. The number of hydrogen-bond donors (Lipinski definition) is 1. The van der Waals surface area contributed by atoms with Crippen LogP contribution in [0.5, 0.6) is 0 Å². The van der Waals surface area contributed by atoms with Gasteiger partial charge in [0.2, 0.25) is 0 Å². The molecule has 1 nitrogen and oxygen atoms in total. The Bertz CT molecular complexity index is 542. The molecular formula is C27H49N. The molecule has 0 aromatic carbocycles. The maximum absolute atomic E-state index is 3.61. The lowest BCUT2D eigenvalue weighted by atomic mass is 9.47. The normalized spacial score (nSPS) is 50.4. The van der Waals surface area contributed by atoms with Gasteiger partial charge in [0.1, 0.15) is 0 Å². The highest BCUT2D eigenvalue weighted by Crippen LogP contribution is 2.65. The summed E-state index contributed by atoms with van der Waals surface area (Å²) in [6.07, 6.45) is 16.6. The van der Waals surface area contributed by atoms with E-state index in [-0.39, 0.29) is 0 Å². The highest BCUT2D eigenvalue weighted by atomic mass is 14.9. The zero-order valence-corrected chi connectivity index (χ0v) is 19.9. The molecule has 10 atom stereocenters. The third-order valence-electron chi connectivity index (χ3n) is 11.0. The van der Waals surface area contributed by atoms with E-state index in [1.165, 1.54) is 38.5 Å². The molecule has 4 saturated carbocycles. The average Bonchev–Trinajstić information content (AvgIpc) is 3.03. The molecule has 0 aromatic heterocycles. The van der Waals surface area contributed by atoms with Crippen LogP contribution in [0.25, 0.3) is 0 Å². The fourth-order valence-corrected chi connectivity index (χ4v) is 9.42. The van der Waals surface area contributed by atoms with Gasteiger partial charge in [0, 0.05) is 6.04 Å². The molecule has 4 rings (SSSR count). The Morgan fingerprint density at radius 1 is 0.893 bits per heavy atom. The molecule has 1 heteroatoms. The van der Waals surface area contributed by atoms with Crippen LogP contribution in [0.4, 0.5) is 0 Å². The minimum Gasteiger partial charge on any atom is -0.317 e. The summed E-state index contributed by atoms with van der Waals surface area (Å²) in [5.74, 6) is 7.13. The molecule has 0 radical (unpaired) electrons. The first-order chi connectivity index (χ1) is 13.3. The second kappa shape index (κ2) is 7.90. The number of fused-ring (bicyclic) bond motifs is 5. The summed E-state index contributed by atoms with van der Waals surface area (Å²) in [6.45, 7) is 12.6. The molecule has 0 heterocycles. The highest BCUT2D eigenvalue weighted by molar-refractivity contribution is 5.08. The highest BCUT2D eigenvalue weighted by Gasteiger charge is 2.58. The van der Waals surface area contributed by atoms with Crippen LogP contribution in [-0.2, 0) is 0 Å². The third-order valence-corrected chi connectivity index (χ3v) is 11.0. The van der Waals surface area contributed by atoms with Crippen LogP contribution in [0.3, 0.4) is 0 Å². The summed E-state index contributed by atoms with van der Waals surface area (Å²) in [6, 6.07) is 0.693. The molecule has 28 heavy (non-hydrogen) atoms. The van der Waals surface area contributed by atoms with E-state index in [9.17, 15) is 0 Å². The Morgan fingerprint density at radius 2 is 1.64 bits per heavy atom. The van der Waals surface area contributed by atoms with Crippen LogP contribution in [0.2, 0.25) is 0 Å². The first-order valence-electron chi connectivity index (χ1n) is 13.0. The Balaban J connectivity index is 1.46. The molecule has 0 amide bonds. The van der Waals surface area contributed by atoms with E-state index >= 15 is 0 Å². The number of hydrogen-bond acceptors (Lipinski definition) is 1. The van der Waals surface area contributed by atoms with Gasteiger partial charge in [-0.25, -0.2) is 0 Å². The largest absolute Gasteiger partial charge is 0.317 e. The van der Waals surface area contributed by atoms with Gasteiger partial charge in [0.05, 0.1) is 0 Å². The van der Waals surface area contributed by atoms with E-state index in [2.05, 4.69) is 47.0 Å². The topological polar surface area (TPSA) is 12.0 Å². The van der Waals surface area contributed by atoms with Crippen LogP contribution in [0.1, 0.15) is 105 Å². The molecule has 0 aromatic rings. The van der Waals surface area contributed by atoms with Crippen molar-refractivity contribution in [2.75, 3.05) is 7.05 Å². The van der Waals surface area contributed by atoms with E-state index in [1.807, 2.05) is 0 Å². The van der Waals surface area contributed by atoms with Crippen molar-refractivity contribution in [3.8, 4) is 0 Å². The van der Waals surface area contributed by atoms with Crippen molar-refractivity contribution < 1.29 is 0 Å². The fourth-order valence-electron chi connectivity index (χ4n) is 9.42. The van der Waals surface area contributed by atoms with Crippen LogP contribution in [0, 0.1) is 52.3 Å². The molecule has 4 fully saturated rings. The molecule has 162 valence electrons. The van der Waals surface area contributed by atoms with Gasteiger partial charge in [-0.1, -0.05) is 34.1 Å². The molecule has 0 spiro atoms. The summed E-state index contributed by atoms with van der Waals surface area (Å²) < 4.78 is 0. The predicted molar refractivity (Wildman–Crippen MR) is 121 cm³/mol. The minimum absolute atomic E-state index is 0.621. The summed E-state index contributed by atoms with van der Waals surface area (Å²) in [5.41, 5.74) is 1.27. The van der Waals surface area contributed by atoms with Crippen molar-refractivity contribution in [1.82, 2.24) is 5.32 Å². The average molecular weight is 388 g/mol. The lowest BCUT2D eigenvalue weighted by molar-refractivity contribution is -0.0825. The van der Waals surface area contributed by atoms with Crippen LogP contribution in [-0.4, -0.2) is 13.1 Å². The quantitative estimate of drug-likeness (QED) is 0.521. The smallest absolute Gasteiger partial charge is 0.00693 e. The fraction of sp³-hybridized carbons (Fsp3) is 1.00. The van der Waals surface area contributed by atoms with E-state index in [0.717, 1.165) is 41.4 Å². The van der Waals surface area contributed by atoms with E-state index in [0.29, 0.717) is 16.9 Å². The van der Waals surface area contributed by atoms with E-state index < -0.39 is 0 Å². The van der Waals surface area contributed by atoms with Crippen molar-refractivity contribution in [2.45, 2.75) is 111 Å². The van der Waals surface area contributed by atoms with Crippen LogP contribution in [0.15, 0.2) is 0 Å². The lowest BCUT2D eigenvalue weighted by Crippen LogP contribution is -2.51. The first kappa shape index (κ1) is 21.2. The van der Waals surface area contributed by atoms with Crippen molar-refractivity contribution >= 4 is 0 Å². The third kappa shape index (κ3) is 3.50. The van der Waals surface area contributed by atoms with Crippen molar-refractivity contribution in [3.05, 3.63) is 0 Å². The second-order valence-corrected chi connectivity index (χ2v) is 12.5. The monoisotopic (exact) mass is 387 g/mol. The standard InChI is InChI=1S/C27H49N/c1-7-18(2)16-26(4)14-12-21-20(17-26)8-9-23-22(21)13-15-27(5)24(19(3)28-6)10-11-25(23)27/h18-25,28H,7-17H2,1-6H3/t18-,19?,20+,21?,22+,23+,24?,25-,26?,27?/m0/s1. The summed E-state index contributed by atoms with van der Waals surface area (Å²) in [4.78, 5) is 0. The van der Waals surface area contributed by atoms with Crippen molar-refractivity contribution in [2.24, 2.45) is 52.3 Å². The van der Waals surface area contributed by atoms with E-state index in [1.54, 1.807) is 32.1 Å². The van der Waals surface area contributed by atoms with Gasteiger partial charge in [0.25, 0.3) is 0 Å². The second-order valence-electron chi connectivity index (χ2n) is 12.5. The predicted octanol–water partition coefficient (Wildman–Crippen LogP) is 7.31. The van der Waals surface area contributed by atoms with Crippen LogP contribution >= 0.6 is 0 Å². The molecule has 4 aliphatic rings. The van der Waals surface area contributed by atoms with Gasteiger partial charge in [-0.2, -0.15) is 0 Å². The Morgan fingerprint density at radius 3 is 2.36 bits per heavy atom. The van der Waals surface area contributed by atoms with Crippen molar-refractivity contribution in [1.29, 1.82) is 0 Å². The Hall–Kier alpha value is -0.0400. The van der Waals surface area contributed by atoms with E-state index in [4.69, 9.17) is 0 Å². The maximum atomic E-state index is 3.61. The molecule has 4 aliphatic carbocycles. The summed E-state index contributed by atoms with van der Waals surface area (Å²) in [7, 11) is 2.18. The minimum atomic E-state index is 0.621. The Kier molecular flexibility index (Phi) is 5.98. The van der Waals surface area contributed by atoms with Gasteiger partial charge in [0.15, 0.2) is 0 Å². The van der Waals surface area contributed by atoms with Crippen molar-refractivity contribution in [3.63, 3.8) is 0 Å². The summed E-state index contributed by atoms with van der Waals surface area (Å²) in [5, 5.41) is 3.61. The van der Waals surface area contributed by atoms with Crippen LogP contribution < -0.4 is 5.32 Å². The number of rotatable bonds is 5. The van der Waals surface area contributed by atoms with Gasteiger partial charge in [-0.05, 0) is 130 Å².